The van der Waals surface area contributed by atoms with E-state index < -0.39 is 10.8 Å². The lowest BCUT2D eigenvalue weighted by Gasteiger charge is -2.18. The highest BCUT2D eigenvalue weighted by molar-refractivity contribution is 7.85. The summed E-state index contributed by atoms with van der Waals surface area (Å²) in [5, 5.41) is 0. The summed E-state index contributed by atoms with van der Waals surface area (Å²) in [6.07, 6.45) is 0.569. The Bertz CT molecular complexity index is 589. The minimum Gasteiger partial charge on any atom is -0.491 e. The first-order chi connectivity index (χ1) is 11.8. The molecule has 0 aliphatic heterocycles. The van der Waals surface area contributed by atoms with Crippen molar-refractivity contribution in [3.8, 4) is 5.75 Å². The van der Waals surface area contributed by atoms with Crippen LogP contribution >= 0.6 is 0 Å². The molecule has 24 heavy (non-hydrogen) atoms. The van der Waals surface area contributed by atoms with Crippen LogP contribution in [0.3, 0.4) is 0 Å². The van der Waals surface area contributed by atoms with E-state index in [4.69, 9.17) is 14.2 Å². The molecular weight excluding hydrogens is 324 g/mol. The van der Waals surface area contributed by atoms with Crippen molar-refractivity contribution >= 4 is 10.8 Å². The maximum atomic E-state index is 12.5. The van der Waals surface area contributed by atoms with Gasteiger partial charge in [-0.2, -0.15) is 0 Å². The normalized spacial score (nSPS) is 13.4. The summed E-state index contributed by atoms with van der Waals surface area (Å²) >= 11 is 0. The van der Waals surface area contributed by atoms with Crippen LogP contribution in [0.1, 0.15) is 6.42 Å². The molecule has 0 bridgehead atoms. The van der Waals surface area contributed by atoms with Gasteiger partial charge in [-0.3, -0.25) is 4.21 Å². The Morgan fingerprint density at radius 3 is 2.29 bits per heavy atom. The van der Waals surface area contributed by atoms with Gasteiger partial charge in [-0.05, 0) is 30.7 Å². The summed E-state index contributed by atoms with van der Waals surface area (Å²) < 4.78 is 29.2. The molecule has 130 valence electrons. The van der Waals surface area contributed by atoms with E-state index in [1.807, 2.05) is 60.7 Å². The van der Waals surface area contributed by atoms with Crippen molar-refractivity contribution in [2.75, 3.05) is 32.7 Å². The fourth-order valence-electron chi connectivity index (χ4n) is 2.14. The molecule has 0 heterocycles. The average molecular weight is 348 g/mol. The third-order valence-electron chi connectivity index (χ3n) is 3.37. The molecule has 5 heteroatoms. The summed E-state index contributed by atoms with van der Waals surface area (Å²) in [5.74, 6) is 1.19. The van der Waals surface area contributed by atoms with Crippen molar-refractivity contribution < 1.29 is 18.4 Å². The molecule has 0 saturated carbocycles. The van der Waals surface area contributed by atoms with E-state index in [9.17, 15) is 4.21 Å². The number of hydrogen-bond acceptors (Lipinski definition) is 4. The zero-order valence-electron chi connectivity index (χ0n) is 13.9. The highest BCUT2D eigenvalue weighted by atomic mass is 32.2. The van der Waals surface area contributed by atoms with Crippen LogP contribution < -0.4 is 4.74 Å². The molecule has 0 aliphatic rings. The van der Waals surface area contributed by atoms with Crippen LogP contribution in [0.5, 0.6) is 5.75 Å². The Balaban J connectivity index is 1.90. The molecule has 2 aromatic rings. The Hall–Kier alpha value is -1.69. The van der Waals surface area contributed by atoms with Crippen LogP contribution in [0.15, 0.2) is 65.6 Å². The molecule has 0 amide bonds. The van der Waals surface area contributed by atoms with Gasteiger partial charge in [-0.25, -0.2) is 0 Å². The maximum Gasteiger partial charge on any atom is 0.119 e. The van der Waals surface area contributed by atoms with Crippen LogP contribution in [0.2, 0.25) is 0 Å². The van der Waals surface area contributed by atoms with E-state index in [1.165, 1.54) is 0 Å². The topological polar surface area (TPSA) is 44.8 Å². The van der Waals surface area contributed by atoms with Gasteiger partial charge >= 0.3 is 0 Å². The molecule has 0 saturated heterocycles. The van der Waals surface area contributed by atoms with Crippen LogP contribution in [0.25, 0.3) is 0 Å². The number of para-hydroxylation sites is 1. The van der Waals surface area contributed by atoms with Gasteiger partial charge in [0.05, 0.1) is 16.6 Å². The number of rotatable bonds is 11. The predicted octanol–water partition coefficient (Wildman–Crippen LogP) is 3.29. The Morgan fingerprint density at radius 2 is 1.62 bits per heavy atom. The molecule has 0 fully saturated rings. The second kappa shape index (κ2) is 11.0. The number of ether oxygens (including phenoxy) is 3. The van der Waals surface area contributed by atoms with Gasteiger partial charge in [-0.15, -0.1) is 0 Å². The van der Waals surface area contributed by atoms with Gasteiger partial charge in [0.1, 0.15) is 18.5 Å². The molecular formula is C19H24O4S. The lowest BCUT2D eigenvalue weighted by Crippen LogP contribution is -2.28. The zero-order chi connectivity index (χ0) is 17.0. The molecule has 2 rings (SSSR count). The fourth-order valence-corrected chi connectivity index (χ4v) is 3.32. The van der Waals surface area contributed by atoms with Crippen molar-refractivity contribution in [1.82, 2.24) is 0 Å². The first-order valence-electron chi connectivity index (χ1n) is 8.01. The van der Waals surface area contributed by atoms with E-state index in [1.54, 1.807) is 7.11 Å². The average Bonchev–Trinajstić information content (AvgIpc) is 2.64. The zero-order valence-corrected chi connectivity index (χ0v) is 14.7. The van der Waals surface area contributed by atoms with E-state index in [-0.39, 0.29) is 6.10 Å². The molecule has 0 radical (unpaired) electrons. The summed E-state index contributed by atoms with van der Waals surface area (Å²) in [5.41, 5.74) is 0. The molecule has 2 unspecified atom stereocenters. The SMILES string of the molecule is COCCCOC(COc1ccccc1)CS(=O)c1ccccc1. The first kappa shape index (κ1) is 18.6. The minimum atomic E-state index is -1.11. The first-order valence-corrected chi connectivity index (χ1v) is 9.33. The summed E-state index contributed by atoms with van der Waals surface area (Å²) in [4.78, 5) is 0.808. The maximum absolute atomic E-state index is 12.5. The summed E-state index contributed by atoms with van der Waals surface area (Å²) in [6.45, 7) is 1.58. The van der Waals surface area contributed by atoms with Gasteiger partial charge in [0.2, 0.25) is 0 Å². The number of methoxy groups -OCH3 is 1. The smallest absolute Gasteiger partial charge is 0.119 e. The second-order valence-electron chi connectivity index (χ2n) is 5.29. The summed E-state index contributed by atoms with van der Waals surface area (Å²) in [6, 6.07) is 19.0. The summed E-state index contributed by atoms with van der Waals surface area (Å²) in [7, 11) is 0.552. The largest absolute Gasteiger partial charge is 0.491 e. The van der Waals surface area contributed by atoms with Crippen LogP contribution in [-0.2, 0) is 20.3 Å². The van der Waals surface area contributed by atoms with Crippen molar-refractivity contribution in [3.05, 3.63) is 60.7 Å². The molecule has 0 aromatic heterocycles. The van der Waals surface area contributed by atoms with Gasteiger partial charge in [0.15, 0.2) is 0 Å². The highest BCUT2D eigenvalue weighted by Gasteiger charge is 2.16. The van der Waals surface area contributed by atoms with E-state index in [2.05, 4.69) is 0 Å². The van der Waals surface area contributed by atoms with Gasteiger partial charge in [-0.1, -0.05) is 36.4 Å². The standard InChI is InChI=1S/C19H24O4S/c1-21-13-8-14-22-18(15-23-17-9-4-2-5-10-17)16-24(20)19-11-6-3-7-12-19/h2-7,9-12,18H,8,13-16H2,1H3. The minimum absolute atomic E-state index is 0.233. The third kappa shape index (κ3) is 6.83. The van der Waals surface area contributed by atoms with E-state index in [0.717, 1.165) is 17.1 Å². The Kier molecular flexibility index (Phi) is 8.52. The van der Waals surface area contributed by atoms with Gasteiger partial charge < -0.3 is 14.2 Å². The molecule has 4 nitrogen and oxygen atoms in total. The number of benzene rings is 2. The van der Waals surface area contributed by atoms with Crippen molar-refractivity contribution in [2.45, 2.75) is 17.4 Å². The molecule has 0 N–H and O–H groups in total. The lowest BCUT2D eigenvalue weighted by atomic mass is 10.3. The van der Waals surface area contributed by atoms with E-state index in [0.29, 0.717) is 25.6 Å². The molecule has 0 aliphatic carbocycles. The van der Waals surface area contributed by atoms with Crippen molar-refractivity contribution in [2.24, 2.45) is 0 Å². The lowest BCUT2D eigenvalue weighted by molar-refractivity contribution is 0.0246. The Morgan fingerprint density at radius 1 is 0.958 bits per heavy atom. The molecule has 0 spiro atoms. The fraction of sp³-hybridized carbons (Fsp3) is 0.368. The quantitative estimate of drug-likeness (QED) is 0.585. The monoisotopic (exact) mass is 348 g/mol. The van der Waals surface area contributed by atoms with Crippen LogP contribution in [0.4, 0.5) is 0 Å². The van der Waals surface area contributed by atoms with Crippen molar-refractivity contribution in [1.29, 1.82) is 0 Å². The molecule has 2 atom stereocenters. The van der Waals surface area contributed by atoms with E-state index >= 15 is 0 Å². The third-order valence-corrected chi connectivity index (χ3v) is 4.84. The van der Waals surface area contributed by atoms with Crippen molar-refractivity contribution in [3.63, 3.8) is 0 Å². The van der Waals surface area contributed by atoms with Crippen LogP contribution in [-0.4, -0.2) is 43.0 Å². The highest BCUT2D eigenvalue weighted by Crippen LogP contribution is 2.12. The van der Waals surface area contributed by atoms with Crippen LogP contribution in [0, 0.1) is 0 Å². The van der Waals surface area contributed by atoms with Gasteiger partial charge in [0, 0.05) is 25.2 Å². The Labute approximate surface area is 146 Å². The predicted molar refractivity (Wildman–Crippen MR) is 95.9 cm³/mol. The van der Waals surface area contributed by atoms with Gasteiger partial charge in [0.25, 0.3) is 0 Å². The molecule has 2 aromatic carbocycles. The number of hydrogen-bond donors (Lipinski definition) is 0. The second-order valence-corrected chi connectivity index (χ2v) is 6.78.